The Morgan fingerprint density at radius 1 is 1.58 bits per heavy atom. The molecular weight excluding hydrogens is 181 g/mol. The number of alkyl halides is 1. The highest BCUT2D eigenvalue weighted by Crippen LogP contribution is 2.22. The number of sulfone groups is 1. The molecule has 0 radical (unpaired) electrons. The van der Waals surface area contributed by atoms with E-state index in [0.29, 0.717) is 12.8 Å². The first-order chi connectivity index (χ1) is 5.55. The lowest BCUT2D eigenvalue weighted by atomic mass is 10.00. The molecule has 72 valence electrons. The van der Waals surface area contributed by atoms with Crippen molar-refractivity contribution in [2.45, 2.75) is 19.0 Å². The summed E-state index contributed by atoms with van der Waals surface area (Å²) in [6.07, 6.45) is 0.0745. The van der Waals surface area contributed by atoms with Gasteiger partial charge in [0, 0.05) is 12.5 Å². The summed E-state index contributed by atoms with van der Waals surface area (Å²) in [5.74, 6) is -0.180. The third kappa shape index (κ3) is 2.42. The maximum atomic E-state index is 13.0. The molecule has 0 amide bonds. The zero-order valence-corrected chi connectivity index (χ0v) is 7.69. The van der Waals surface area contributed by atoms with E-state index >= 15 is 0 Å². The van der Waals surface area contributed by atoms with Gasteiger partial charge in [-0.3, -0.25) is 0 Å². The van der Waals surface area contributed by atoms with Gasteiger partial charge in [-0.2, -0.15) is 0 Å². The molecule has 0 aliphatic carbocycles. The highest BCUT2D eigenvalue weighted by Gasteiger charge is 2.29. The lowest BCUT2D eigenvalue weighted by Crippen LogP contribution is -2.34. The van der Waals surface area contributed by atoms with Crippen LogP contribution in [-0.4, -0.2) is 32.6 Å². The third-order valence-electron chi connectivity index (χ3n) is 2.23. The summed E-state index contributed by atoms with van der Waals surface area (Å²) in [4.78, 5) is 0. The molecule has 0 aromatic rings. The molecule has 2 atom stereocenters. The van der Waals surface area contributed by atoms with Crippen LogP contribution in [0.15, 0.2) is 0 Å². The van der Waals surface area contributed by atoms with Gasteiger partial charge in [0.15, 0.2) is 9.84 Å². The molecular formula is C7H14FNO2S. The molecule has 1 rings (SSSR count). The lowest BCUT2D eigenvalue weighted by molar-refractivity contribution is 0.235. The summed E-state index contributed by atoms with van der Waals surface area (Å²) in [6.45, 7) is -0.0693. The van der Waals surface area contributed by atoms with E-state index in [4.69, 9.17) is 5.73 Å². The van der Waals surface area contributed by atoms with E-state index in [1.54, 1.807) is 0 Å². The van der Waals surface area contributed by atoms with Crippen LogP contribution in [0.25, 0.3) is 0 Å². The van der Waals surface area contributed by atoms with E-state index in [-0.39, 0.29) is 24.0 Å². The summed E-state index contributed by atoms with van der Waals surface area (Å²) in [5.41, 5.74) is 5.12. The van der Waals surface area contributed by atoms with Crippen molar-refractivity contribution < 1.29 is 12.8 Å². The predicted molar refractivity (Wildman–Crippen MR) is 45.3 cm³/mol. The van der Waals surface area contributed by atoms with E-state index in [2.05, 4.69) is 0 Å². The van der Waals surface area contributed by atoms with Crippen LogP contribution in [-0.2, 0) is 9.84 Å². The second-order valence-electron chi connectivity index (χ2n) is 3.27. The van der Waals surface area contributed by atoms with E-state index in [1.165, 1.54) is 0 Å². The molecule has 0 bridgehead atoms. The van der Waals surface area contributed by atoms with Crippen molar-refractivity contribution in [2.75, 3.05) is 18.1 Å². The molecule has 3 nitrogen and oxygen atoms in total. The standard InChI is InChI=1S/C7H14FNO2S/c8-7(4-9)6-2-1-3-12(10,11)5-6/h6-7H,1-5,9H2. The molecule has 0 aromatic heterocycles. The molecule has 12 heavy (non-hydrogen) atoms. The fourth-order valence-electron chi connectivity index (χ4n) is 1.54. The zero-order valence-electron chi connectivity index (χ0n) is 6.87. The molecule has 2 N–H and O–H groups in total. The van der Waals surface area contributed by atoms with E-state index in [0.717, 1.165) is 0 Å². The first kappa shape index (κ1) is 9.92. The Bertz CT molecular complexity index is 240. The monoisotopic (exact) mass is 195 g/mol. The van der Waals surface area contributed by atoms with Gasteiger partial charge in [-0.15, -0.1) is 0 Å². The average molecular weight is 195 g/mol. The van der Waals surface area contributed by atoms with Crippen LogP contribution in [0.1, 0.15) is 12.8 Å². The minimum Gasteiger partial charge on any atom is -0.328 e. The van der Waals surface area contributed by atoms with Crippen molar-refractivity contribution in [1.29, 1.82) is 0 Å². The Morgan fingerprint density at radius 2 is 2.25 bits per heavy atom. The summed E-state index contributed by atoms with van der Waals surface area (Å²) < 4.78 is 35.1. The average Bonchev–Trinajstić information content (AvgIpc) is 2.01. The summed E-state index contributed by atoms with van der Waals surface area (Å²) in [7, 11) is -2.98. The third-order valence-corrected chi connectivity index (χ3v) is 4.08. The Kier molecular flexibility index (Phi) is 3.06. The topological polar surface area (TPSA) is 60.2 Å². The van der Waals surface area contributed by atoms with Gasteiger partial charge in [0.1, 0.15) is 6.17 Å². The normalized spacial score (nSPS) is 31.3. The number of hydrogen-bond donors (Lipinski definition) is 1. The summed E-state index contributed by atoms with van der Waals surface area (Å²) in [5, 5.41) is 0. The van der Waals surface area contributed by atoms with Crippen LogP contribution in [0.3, 0.4) is 0 Å². The van der Waals surface area contributed by atoms with Crippen LogP contribution in [0.5, 0.6) is 0 Å². The van der Waals surface area contributed by atoms with Crippen LogP contribution in [0.4, 0.5) is 4.39 Å². The second kappa shape index (κ2) is 3.70. The van der Waals surface area contributed by atoms with Crippen LogP contribution in [0.2, 0.25) is 0 Å². The minimum atomic E-state index is -2.98. The lowest BCUT2D eigenvalue weighted by Gasteiger charge is -2.23. The van der Waals surface area contributed by atoms with Gasteiger partial charge < -0.3 is 5.73 Å². The molecule has 0 saturated carbocycles. The number of halogens is 1. The number of nitrogens with two attached hydrogens (primary N) is 1. The van der Waals surface area contributed by atoms with E-state index < -0.39 is 16.0 Å². The highest BCUT2D eigenvalue weighted by molar-refractivity contribution is 7.91. The van der Waals surface area contributed by atoms with E-state index in [9.17, 15) is 12.8 Å². The van der Waals surface area contributed by atoms with Crippen LogP contribution in [0, 0.1) is 5.92 Å². The molecule has 1 aliphatic rings. The van der Waals surface area contributed by atoms with Gasteiger partial charge in [0.05, 0.1) is 11.5 Å². The van der Waals surface area contributed by atoms with Crippen molar-refractivity contribution in [2.24, 2.45) is 11.7 Å². The van der Waals surface area contributed by atoms with Gasteiger partial charge >= 0.3 is 0 Å². The van der Waals surface area contributed by atoms with Gasteiger partial charge in [0.25, 0.3) is 0 Å². The Balaban J connectivity index is 2.58. The van der Waals surface area contributed by atoms with E-state index in [1.807, 2.05) is 0 Å². The second-order valence-corrected chi connectivity index (χ2v) is 5.50. The molecule has 0 aromatic carbocycles. The first-order valence-electron chi connectivity index (χ1n) is 4.10. The zero-order chi connectivity index (χ0) is 9.19. The first-order valence-corrected chi connectivity index (χ1v) is 5.92. The SMILES string of the molecule is NCC(F)C1CCCS(=O)(=O)C1. The van der Waals surface area contributed by atoms with Gasteiger partial charge in [-0.05, 0) is 12.8 Å². The molecule has 5 heteroatoms. The molecule has 2 unspecified atom stereocenters. The summed E-state index contributed by atoms with van der Waals surface area (Å²) in [6, 6.07) is 0. The number of hydrogen-bond acceptors (Lipinski definition) is 3. The fraction of sp³-hybridized carbons (Fsp3) is 1.00. The summed E-state index contributed by atoms with van der Waals surface area (Å²) >= 11 is 0. The molecule has 1 heterocycles. The minimum absolute atomic E-state index is 0.0225. The van der Waals surface area contributed by atoms with Crippen LogP contribution >= 0.6 is 0 Å². The van der Waals surface area contributed by atoms with Crippen LogP contribution < -0.4 is 5.73 Å². The quantitative estimate of drug-likeness (QED) is 0.680. The fourth-order valence-corrected chi connectivity index (χ4v) is 3.34. The van der Waals surface area contributed by atoms with Gasteiger partial charge in [-0.25, -0.2) is 12.8 Å². The van der Waals surface area contributed by atoms with Crippen molar-refractivity contribution in [3.63, 3.8) is 0 Å². The Hall–Kier alpha value is -0.160. The largest absolute Gasteiger partial charge is 0.328 e. The molecule has 1 fully saturated rings. The smallest absolute Gasteiger partial charge is 0.150 e. The Labute approximate surface area is 72.1 Å². The van der Waals surface area contributed by atoms with Crippen molar-refractivity contribution in [1.82, 2.24) is 0 Å². The van der Waals surface area contributed by atoms with Crippen molar-refractivity contribution in [3.05, 3.63) is 0 Å². The number of rotatable bonds is 2. The van der Waals surface area contributed by atoms with Crippen molar-refractivity contribution in [3.8, 4) is 0 Å². The van der Waals surface area contributed by atoms with Gasteiger partial charge in [0.2, 0.25) is 0 Å². The molecule has 0 spiro atoms. The highest BCUT2D eigenvalue weighted by atomic mass is 32.2. The Morgan fingerprint density at radius 3 is 2.75 bits per heavy atom. The molecule has 1 aliphatic heterocycles. The maximum Gasteiger partial charge on any atom is 0.150 e. The van der Waals surface area contributed by atoms with Gasteiger partial charge in [-0.1, -0.05) is 0 Å². The predicted octanol–water partition coefficient (Wildman–Crippen LogP) is 0.108. The maximum absolute atomic E-state index is 13.0. The molecule has 1 saturated heterocycles. The van der Waals surface area contributed by atoms with Crippen molar-refractivity contribution >= 4 is 9.84 Å².